The molecule has 88 valence electrons. The predicted octanol–water partition coefficient (Wildman–Crippen LogP) is 1.68. The van der Waals surface area contributed by atoms with Crippen LogP contribution in [-0.2, 0) is 6.54 Å². The first-order valence-electron chi connectivity index (χ1n) is 5.10. The molecule has 0 spiro atoms. The number of nitrogen functional groups attached to an aromatic ring is 1. The number of nitrogens with two attached hydrogens (primary N) is 2. The van der Waals surface area contributed by atoms with Crippen LogP contribution in [0.4, 0.5) is 5.69 Å². The van der Waals surface area contributed by atoms with Gasteiger partial charge in [-0.25, -0.2) is 0 Å². The van der Waals surface area contributed by atoms with E-state index in [1.807, 2.05) is 0 Å². The Labute approximate surface area is 104 Å². The molecule has 0 aliphatic carbocycles. The molecule has 1 heterocycles. The fourth-order valence-electron chi connectivity index (χ4n) is 1.74. The quantitative estimate of drug-likeness (QED) is 0.628. The molecule has 0 aliphatic rings. The summed E-state index contributed by atoms with van der Waals surface area (Å²) in [5.41, 5.74) is 13.8. The molecule has 4 nitrogen and oxygen atoms in total. The van der Waals surface area contributed by atoms with Crippen molar-refractivity contribution in [3.05, 3.63) is 52.3 Å². The van der Waals surface area contributed by atoms with Crippen molar-refractivity contribution in [1.29, 1.82) is 0 Å². The van der Waals surface area contributed by atoms with Gasteiger partial charge in [0.25, 0.3) is 0 Å². The number of pyridine rings is 1. The van der Waals surface area contributed by atoms with Gasteiger partial charge in [0, 0.05) is 17.6 Å². The van der Waals surface area contributed by atoms with Gasteiger partial charge in [0.05, 0.1) is 5.56 Å². The maximum Gasteiger partial charge on any atom is 0.247 e. The summed E-state index contributed by atoms with van der Waals surface area (Å²) >= 11 is 5.89. The van der Waals surface area contributed by atoms with Gasteiger partial charge >= 0.3 is 0 Å². The Balaban J connectivity index is 2.68. The Hall–Kier alpha value is -1.78. The lowest BCUT2D eigenvalue weighted by Gasteiger charge is -2.10. The molecular formula is C12H12ClN3O. The molecule has 0 amide bonds. The van der Waals surface area contributed by atoms with Crippen molar-refractivity contribution in [2.24, 2.45) is 5.73 Å². The monoisotopic (exact) mass is 249 g/mol. The van der Waals surface area contributed by atoms with Crippen LogP contribution in [0.2, 0.25) is 5.02 Å². The lowest BCUT2D eigenvalue weighted by Crippen LogP contribution is -2.29. The minimum absolute atomic E-state index is 0.296. The summed E-state index contributed by atoms with van der Waals surface area (Å²) in [4.78, 5) is 0. The second kappa shape index (κ2) is 4.61. The van der Waals surface area contributed by atoms with Crippen LogP contribution in [0.15, 0.2) is 36.5 Å². The number of anilines is 1. The topological polar surface area (TPSA) is 79.0 Å². The molecule has 2 rings (SSSR count). The Morgan fingerprint density at radius 3 is 2.71 bits per heavy atom. The molecule has 0 radical (unpaired) electrons. The fraction of sp³-hybridized carbons (Fsp3) is 0.0833. The van der Waals surface area contributed by atoms with E-state index < -0.39 is 0 Å². The minimum Gasteiger partial charge on any atom is -0.618 e. The van der Waals surface area contributed by atoms with E-state index in [4.69, 9.17) is 23.1 Å². The van der Waals surface area contributed by atoms with Gasteiger partial charge in [0.2, 0.25) is 5.69 Å². The summed E-state index contributed by atoms with van der Waals surface area (Å²) in [5, 5.41) is 12.3. The van der Waals surface area contributed by atoms with Crippen LogP contribution >= 0.6 is 11.6 Å². The molecule has 0 saturated carbocycles. The Kier molecular flexibility index (Phi) is 3.17. The minimum atomic E-state index is 0.296. The van der Waals surface area contributed by atoms with Crippen LogP contribution in [0.1, 0.15) is 5.56 Å². The summed E-state index contributed by atoms with van der Waals surface area (Å²) in [7, 11) is 0. The number of hydrogen-bond donors (Lipinski definition) is 2. The highest BCUT2D eigenvalue weighted by Crippen LogP contribution is 2.27. The molecule has 17 heavy (non-hydrogen) atoms. The standard InChI is InChI=1S/C12H12ClN3O/c13-9-3-4-10(8(6-9)7-14)12-11(15)2-1-5-16(12)17/h1-6H,7,14-15H2. The highest BCUT2D eigenvalue weighted by molar-refractivity contribution is 6.30. The summed E-state index contributed by atoms with van der Waals surface area (Å²) in [5.74, 6) is 0. The van der Waals surface area contributed by atoms with Crippen LogP contribution in [0, 0.1) is 5.21 Å². The first kappa shape index (κ1) is 11.7. The van der Waals surface area contributed by atoms with Crippen molar-refractivity contribution >= 4 is 17.3 Å². The number of nitrogens with zero attached hydrogens (tertiary/aromatic N) is 1. The number of aromatic nitrogens is 1. The van der Waals surface area contributed by atoms with Crippen molar-refractivity contribution in [3.8, 4) is 11.3 Å². The number of halogens is 1. The molecule has 4 N–H and O–H groups in total. The Morgan fingerprint density at radius 1 is 1.29 bits per heavy atom. The van der Waals surface area contributed by atoms with Gasteiger partial charge in [0.15, 0.2) is 6.20 Å². The molecule has 0 atom stereocenters. The third-order valence-corrected chi connectivity index (χ3v) is 2.77. The molecule has 0 fully saturated rings. The third-order valence-electron chi connectivity index (χ3n) is 2.53. The first-order valence-corrected chi connectivity index (χ1v) is 5.48. The van der Waals surface area contributed by atoms with E-state index in [2.05, 4.69) is 0 Å². The average molecular weight is 250 g/mol. The number of hydrogen-bond acceptors (Lipinski definition) is 3. The molecule has 0 bridgehead atoms. The molecule has 2 aromatic rings. The zero-order valence-corrected chi connectivity index (χ0v) is 9.82. The zero-order chi connectivity index (χ0) is 12.4. The van der Waals surface area contributed by atoms with Crippen molar-refractivity contribution < 1.29 is 4.73 Å². The summed E-state index contributed by atoms with van der Waals surface area (Å²) in [6.45, 7) is 0.296. The van der Waals surface area contributed by atoms with E-state index in [1.165, 1.54) is 6.20 Å². The van der Waals surface area contributed by atoms with E-state index in [0.717, 1.165) is 10.3 Å². The summed E-state index contributed by atoms with van der Waals surface area (Å²) in [6, 6.07) is 8.49. The van der Waals surface area contributed by atoms with E-state index in [1.54, 1.807) is 30.3 Å². The van der Waals surface area contributed by atoms with Crippen molar-refractivity contribution in [1.82, 2.24) is 0 Å². The summed E-state index contributed by atoms with van der Waals surface area (Å²) in [6.07, 6.45) is 1.40. The second-order valence-corrected chi connectivity index (χ2v) is 4.08. The van der Waals surface area contributed by atoms with Gasteiger partial charge in [-0.15, -0.1) is 0 Å². The Morgan fingerprint density at radius 2 is 2.06 bits per heavy atom. The van der Waals surface area contributed by atoms with Gasteiger partial charge in [-0.1, -0.05) is 11.6 Å². The van der Waals surface area contributed by atoms with E-state index in [9.17, 15) is 5.21 Å². The molecule has 0 unspecified atom stereocenters. The van der Waals surface area contributed by atoms with Gasteiger partial charge in [0.1, 0.15) is 5.69 Å². The number of benzene rings is 1. The predicted molar refractivity (Wildman–Crippen MR) is 68.2 cm³/mol. The van der Waals surface area contributed by atoms with Crippen LogP contribution in [0.25, 0.3) is 11.3 Å². The summed E-state index contributed by atoms with van der Waals surface area (Å²) < 4.78 is 0.734. The molecular weight excluding hydrogens is 238 g/mol. The third kappa shape index (κ3) is 2.18. The fourth-order valence-corrected chi connectivity index (χ4v) is 1.94. The molecule has 1 aromatic heterocycles. The largest absolute Gasteiger partial charge is 0.618 e. The highest BCUT2D eigenvalue weighted by Gasteiger charge is 2.16. The van der Waals surface area contributed by atoms with Crippen LogP contribution in [0.3, 0.4) is 0 Å². The van der Waals surface area contributed by atoms with Gasteiger partial charge in [-0.3, -0.25) is 0 Å². The van der Waals surface area contributed by atoms with Gasteiger partial charge in [-0.05, 0) is 29.8 Å². The molecule has 1 aromatic carbocycles. The molecule has 0 aliphatic heterocycles. The first-order chi connectivity index (χ1) is 8.13. The van der Waals surface area contributed by atoms with Crippen LogP contribution in [0.5, 0.6) is 0 Å². The van der Waals surface area contributed by atoms with Gasteiger partial charge < -0.3 is 16.7 Å². The highest BCUT2D eigenvalue weighted by atomic mass is 35.5. The lowest BCUT2D eigenvalue weighted by molar-refractivity contribution is -0.593. The maximum atomic E-state index is 11.8. The number of rotatable bonds is 2. The maximum absolute atomic E-state index is 11.8. The van der Waals surface area contributed by atoms with Crippen molar-refractivity contribution in [2.45, 2.75) is 6.54 Å². The SMILES string of the molecule is NCc1cc(Cl)ccc1-c1c(N)ccc[n+]1[O-]. The van der Waals surface area contributed by atoms with Gasteiger partial charge in [-0.2, -0.15) is 4.73 Å². The van der Waals surface area contributed by atoms with Crippen LogP contribution < -0.4 is 16.2 Å². The van der Waals surface area contributed by atoms with E-state index >= 15 is 0 Å². The lowest BCUT2D eigenvalue weighted by atomic mass is 10.0. The normalized spacial score (nSPS) is 10.5. The smallest absolute Gasteiger partial charge is 0.247 e. The molecule has 0 saturated heterocycles. The van der Waals surface area contributed by atoms with E-state index in [-0.39, 0.29) is 0 Å². The second-order valence-electron chi connectivity index (χ2n) is 3.64. The molecule has 5 heteroatoms. The van der Waals surface area contributed by atoms with E-state index in [0.29, 0.717) is 28.5 Å². The average Bonchev–Trinajstić information content (AvgIpc) is 2.30. The van der Waals surface area contributed by atoms with Crippen molar-refractivity contribution in [3.63, 3.8) is 0 Å². The van der Waals surface area contributed by atoms with Crippen molar-refractivity contribution in [2.75, 3.05) is 5.73 Å². The Bertz CT molecular complexity index is 537. The zero-order valence-electron chi connectivity index (χ0n) is 9.06. The van der Waals surface area contributed by atoms with Crippen LogP contribution in [-0.4, -0.2) is 0 Å².